The summed E-state index contributed by atoms with van der Waals surface area (Å²) in [7, 11) is 0. The van der Waals surface area contributed by atoms with Crippen LogP contribution in [0.15, 0.2) is 91.0 Å². The second-order valence-electron chi connectivity index (χ2n) is 11.3. The third-order valence-corrected chi connectivity index (χ3v) is 7.88. The van der Waals surface area contributed by atoms with Gasteiger partial charge in [0.25, 0.3) is 5.91 Å². The van der Waals surface area contributed by atoms with Gasteiger partial charge in [-0.05, 0) is 37.5 Å². The minimum absolute atomic E-state index is 0.0467. The van der Waals surface area contributed by atoms with E-state index in [-0.39, 0.29) is 12.1 Å². The molecule has 0 bridgehead atoms. The number of nitrogens with one attached hydrogen (secondary N) is 2. The first kappa shape index (κ1) is 32.4. The SMILES string of the molecule is CC(C)(C(=O)N[C@@H](CC(=O)O)C(=O)N[C@H](C(=O)O)c1ccccc1)N1C(=O)N(Cc2ccccc2)C(C)(c2ccccc2)C1=O. The maximum atomic E-state index is 14.2. The van der Waals surface area contributed by atoms with Crippen molar-refractivity contribution in [3.8, 4) is 0 Å². The summed E-state index contributed by atoms with van der Waals surface area (Å²) in [5, 5.41) is 23.8. The zero-order valence-corrected chi connectivity index (χ0v) is 25.0. The van der Waals surface area contributed by atoms with E-state index in [1.54, 1.807) is 79.7 Å². The lowest BCUT2D eigenvalue weighted by Gasteiger charge is -2.33. The van der Waals surface area contributed by atoms with Crippen LogP contribution in [0.5, 0.6) is 0 Å². The van der Waals surface area contributed by atoms with Crippen molar-refractivity contribution in [3.63, 3.8) is 0 Å². The molecule has 3 aromatic carbocycles. The van der Waals surface area contributed by atoms with Crippen LogP contribution in [0.25, 0.3) is 0 Å². The molecule has 12 nitrogen and oxygen atoms in total. The van der Waals surface area contributed by atoms with Crippen LogP contribution >= 0.6 is 0 Å². The van der Waals surface area contributed by atoms with Crippen molar-refractivity contribution in [3.05, 3.63) is 108 Å². The lowest BCUT2D eigenvalue weighted by atomic mass is 9.89. The predicted octanol–water partition coefficient (Wildman–Crippen LogP) is 3.05. The quantitative estimate of drug-likeness (QED) is 0.225. The van der Waals surface area contributed by atoms with Crippen LogP contribution in [-0.2, 0) is 36.1 Å². The normalized spacial score (nSPS) is 17.8. The summed E-state index contributed by atoms with van der Waals surface area (Å²) in [4.78, 5) is 81.1. The number of imide groups is 1. The van der Waals surface area contributed by atoms with Gasteiger partial charge in [-0.3, -0.25) is 19.2 Å². The molecule has 0 spiro atoms. The van der Waals surface area contributed by atoms with Gasteiger partial charge in [0.2, 0.25) is 11.8 Å². The summed E-state index contributed by atoms with van der Waals surface area (Å²) in [6.07, 6.45) is -0.890. The van der Waals surface area contributed by atoms with Crippen molar-refractivity contribution in [1.82, 2.24) is 20.4 Å². The number of carboxylic acid groups (broad SMARTS) is 2. The first-order chi connectivity index (χ1) is 21.3. The summed E-state index contributed by atoms with van der Waals surface area (Å²) in [5.41, 5.74) is -1.92. The third-order valence-electron chi connectivity index (χ3n) is 7.88. The van der Waals surface area contributed by atoms with E-state index in [9.17, 15) is 39.0 Å². The number of benzene rings is 3. The predicted molar refractivity (Wildman–Crippen MR) is 161 cm³/mol. The Morgan fingerprint density at radius 1 is 0.822 bits per heavy atom. The Hall–Kier alpha value is -5.52. The molecule has 0 radical (unpaired) electrons. The zero-order chi connectivity index (χ0) is 32.9. The Bertz CT molecular complexity index is 1600. The molecule has 0 aromatic heterocycles. The molecule has 1 heterocycles. The monoisotopic (exact) mass is 614 g/mol. The van der Waals surface area contributed by atoms with Gasteiger partial charge in [-0.25, -0.2) is 14.5 Å². The minimum Gasteiger partial charge on any atom is -0.481 e. The summed E-state index contributed by atoms with van der Waals surface area (Å²) < 4.78 is 0. The van der Waals surface area contributed by atoms with Crippen LogP contribution in [0, 0.1) is 0 Å². The van der Waals surface area contributed by atoms with Gasteiger partial charge in [0, 0.05) is 6.54 Å². The van der Waals surface area contributed by atoms with E-state index in [1.807, 2.05) is 6.07 Å². The number of amides is 5. The van der Waals surface area contributed by atoms with Gasteiger partial charge in [0.05, 0.1) is 6.42 Å². The van der Waals surface area contributed by atoms with Crippen molar-refractivity contribution in [2.45, 2.75) is 56.9 Å². The molecule has 1 aliphatic rings. The van der Waals surface area contributed by atoms with Crippen LogP contribution in [-0.4, -0.2) is 67.3 Å². The number of rotatable bonds is 12. The fourth-order valence-electron chi connectivity index (χ4n) is 5.26. The number of carboxylic acids is 2. The largest absolute Gasteiger partial charge is 0.481 e. The highest BCUT2D eigenvalue weighted by Gasteiger charge is 2.60. The van der Waals surface area contributed by atoms with Crippen LogP contribution in [0.3, 0.4) is 0 Å². The van der Waals surface area contributed by atoms with Crippen LogP contribution in [0.1, 0.15) is 49.9 Å². The van der Waals surface area contributed by atoms with Gasteiger partial charge in [-0.2, -0.15) is 0 Å². The maximum absolute atomic E-state index is 14.2. The molecular formula is C33H34N4O8. The Labute approximate surface area is 259 Å². The van der Waals surface area contributed by atoms with Gasteiger partial charge >= 0.3 is 18.0 Å². The van der Waals surface area contributed by atoms with Crippen molar-refractivity contribution >= 4 is 35.7 Å². The van der Waals surface area contributed by atoms with Gasteiger partial charge in [-0.1, -0.05) is 91.0 Å². The molecule has 0 aliphatic carbocycles. The van der Waals surface area contributed by atoms with Gasteiger partial charge in [-0.15, -0.1) is 0 Å². The molecule has 1 fully saturated rings. The van der Waals surface area contributed by atoms with E-state index in [1.165, 1.54) is 30.9 Å². The van der Waals surface area contributed by atoms with Crippen LogP contribution < -0.4 is 10.6 Å². The first-order valence-electron chi connectivity index (χ1n) is 14.1. The molecule has 0 saturated carbocycles. The van der Waals surface area contributed by atoms with E-state index in [0.29, 0.717) is 5.56 Å². The number of urea groups is 1. The lowest BCUT2D eigenvalue weighted by molar-refractivity contribution is -0.146. The fourth-order valence-corrected chi connectivity index (χ4v) is 5.26. The molecule has 3 atom stereocenters. The van der Waals surface area contributed by atoms with Gasteiger partial charge < -0.3 is 25.7 Å². The topological polar surface area (TPSA) is 173 Å². The average molecular weight is 615 g/mol. The highest BCUT2D eigenvalue weighted by atomic mass is 16.4. The zero-order valence-electron chi connectivity index (χ0n) is 25.0. The Kier molecular flexibility index (Phi) is 9.36. The summed E-state index contributed by atoms with van der Waals surface area (Å²) in [6, 6.07) is 21.4. The van der Waals surface area contributed by atoms with E-state index in [2.05, 4.69) is 10.6 Å². The summed E-state index contributed by atoms with van der Waals surface area (Å²) in [5.74, 6) is -5.60. The second kappa shape index (κ2) is 13.0. The molecule has 12 heteroatoms. The Morgan fingerprint density at radius 2 is 1.36 bits per heavy atom. The van der Waals surface area contributed by atoms with Crippen molar-refractivity contribution in [2.24, 2.45) is 0 Å². The molecule has 1 aliphatic heterocycles. The van der Waals surface area contributed by atoms with Gasteiger partial charge in [0.15, 0.2) is 6.04 Å². The van der Waals surface area contributed by atoms with E-state index in [4.69, 9.17) is 0 Å². The molecule has 4 rings (SSSR count). The first-order valence-corrected chi connectivity index (χ1v) is 14.1. The average Bonchev–Trinajstić information content (AvgIpc) is 3.21. The van der Waals surface area contributed by atoms with Crippen molar-refractivity contribution in [2.75, 3.05) is 0 Å². The van der Waals surface area contributed by atoms with Crippen molar-refractivity contribution < 1.29 is 39.0 Å². The second-order valence-corrected chi connectivity index (χ2v) is 11.3. The number of carbonyl (C=O) groups is 6. The smallest absolute Gasteiger partial charge is 0.330 e. The highest BCUT2D eigenvalue weighted by molar-refractivity contribution is 6.11. The Morgan fingerprint density at radius 3 is 1.89 bits per heavy atom. The molecule has 3 aromatic rings. The molecule has 4 N–H and O–H groups in total. The lowest BCUT2D eigenvalue weighted by Crippen LogP contribution is -2.61. The maximum Gasteiger partial charge on any atom is 0.330 e. The standard InChI is InChI=1S/C33H34N4O8/c1-32(2,29(43)34-24(19-25(38)39)27(40)35-26(28(41)42)22-15-9-5-10-16-22)37-30(44)33(3,23-17-11-6-12-18-23)36(31(37)45)20-21-13-7-4-8-14-21/h4-18,24,26H,19-20H2,1-3H3,(H,34,43)(H,35,40)(H,38,39)(H,41,42)/t24-,26-,33?/m0/s1. The van der Waals surface area contributed by atoms with Gasteiger partial charge in [0.1, 0.15) is 17.1 Å². The Balaban J connectivity index is 1.64. The molecule has 234 valence electrons. The van der Waals surface area contributed by atoms with E-state index < -0.39 is 65.3 Å². The van der Waals surface area contributed by atoms with Crippen molar-refractivity contribution in [1.29, 1.82) is 0 Å². The highest BCUT2D eigenvalue weighted by Crippen LogP contribution is 2.41. The number of hydrogen-bond acceptors (Lipinski definition) is 6. The minimum atomic E-state index is -1.90. The number of aliphatic carboxylic acids is 2. The van der Waals surface area contributed by atoms with E-state index in [0.717, 1.165) is 10.5 Å². The number of carbonyl (C=O) groups excluding carboxylic acids is 4. The summed E-state index contributed by atoms with van der Waals surface area (Å²) in [6.45, 7) is 4.27. The fraction of sp³-hybridized carbons (Fsp3) is 0.273. The molecule has 5 amide bonds. The molecule has 45 heavy (non-hydrogen) atoms. The molecule has 1 saturated heterocycles. The number of hydrogen-bond donors (Lipinski definition) is 4. The third kappa shape index (κ3) is 6.54. The van der Waals surface area contributed by atoms with Crippen LogP contribution in [0.4, 0.5) is 4.79 Å². The number of nitrogens with zero attached hydrogens (tertiary/aromatic N) is 2. The van der Waals surface area contributed by atoms with E-state index >= 15 is 0 Å². The summed E-state index contributed by atoms with van der Waals surface area (Å²) >= 11 is 0. The molecular weight excluding hydrogens is 580 g/mol. The molecule has 1 unspecified atom stereocenters. The van der Waals surface area contributed by atoms with Crippen LogP contribution in [0.2, 0.25) is 0 Å².